The molecule has 14 atom stereocenters. The number of allylic oxidation sites excluding steroid dienone is 4. The molecule has 1 heterocycles. The van der Waals surface area contributed by atoms with E-state index in [-0.39, 0.29) is 51.3 Å². The van der Waals surface area contributed by atoms with Crippen molar-refractivity contribution in [2.75, 3.05) is 0 Å². The molecule has 7 aliphatic carbocycles. The molecule has 1 saturated heterocycles. The summed E-state index contributed by atoms with van der Waals surface area (Å²) in [6, 6.07) is 0. The standard InChI is InChI=1S/C12H8Cl6O.C10H6Cl8/c13-8-9(14)11(16)5-3-1-2(6-7(3)19-6)4(5)10(8,15)12(11,17)18;11-3-1-2-4(5(3)12)9(16)7(14)6(13)8(2,15)10(9,17)18/h2-7H,1H2;2-5H,1H2. The van der Waals surface area contributed by atoms with Crippen LogP contribution in [-0.4, -0.2) is 51.1 Å². The van der Waals surface area contributed by atoms with Crippen LogP contribution < -0.4 is 0 Å². The molecular weight excluding hydrogens is 777 g/mol. The molecule has 0 aromatic carbocycles. The van der Waals surface area contributed by atoms with Crippen molar-refractivity contribution in [1.82, 2.24) is 0 Å². The van der Waals surface area contributed by atoms with E-state index in [1.165, 1.54) is 0 Å². The Morgan fingerprint density at radius 1 is 0.541 bits per heavy atom. The Labute approximate surface area is 283 Å². The molecule has 5 saturated carbocycles. The smallest absolute Gasteiger partial charge is 0.166 e. The van der Waals surface area contributed by atoms with Crippen LogP contribution in [0.3, 0.4) is 0 Å². The van der Waals surface area contributed by atoms with Crippen LogP contribution in [0.1, 0.15) is 12.8 Å². The molecule has 0 spiro atoms. The maximum atomic E-state index is 6.82. The number of epoxide rings is 1. The predicted octanol–water partition coefficient (Wildman–Crippen LogP) is 10.2. The number of halogens is 14. The fourth-order valence-electron chi connectivity index (χ4n) is 8.78. The number of hydrogen-bond acceptors (Lipinski definition) is 1. The number of hydrogen-bond donors (Lipinski definition) is 0. The Morgan fingerprint density at radius 2 is 0.919 bits per heavy atom. The first-order valence-corrected chi connectivity index (χ1v) is 16.9. The van der Waals surface area contributed by atoms with Gasteiger partial charge in [0.2, 0.25) is 0 Å². The van der Waals surface area contributed by atoms with Gasteiger partial charge in [-0.25, -0.2) is 0 Å². The van der Waals surface area contributed by atoms with E-state index >= 15 is 0 Å². The van der Waals surface area contributed by atoms with Crippen molar-refractivity contribution >= 4 is 162 Å². The minimum atomic E-state index is -1.50. The summed E-state index contributed by atoms with van der Waals surface area (Å²) in [5.41, 5.74) is 0. The molecule has 206 valence electrons. The third kappa shape index (κ3) is 2.77. The summed E-state index contributed by atoms with van der Waals surface area (Å²) in [6.07, 6.45) is 2.19. The van der Waals surface area contributed by atoms with Crippen molar-refractivity contribution in [3.05, 3.63) is 20.1 Å². The first kappa shape index (κ1) is 29.2. The molecule has 6 fully saturated rings. The molecule has 0 aromatic heterocycles. The van der Waals surface area contributed by atoms with Crippen molar-refractivity contribution in [2.45, 2.75) is 64.0 Å². The molecule has 15 heteroatoms. The van der Waals surface area contributed by atoms with Gasteiger partial charge in [0.15, 0.2) is 8.67 Å². The highest BCUT2D eigenvalue weighted by molar-refractivity contribution is 6.67. The Kier molecular flexibility index (Phi) is 6.48. The van der Waals surface area contributed by atoms with Gasteiger partial charge in [0, 0.05) is 5.92 Å². The van der Waals surface area contributed by atoms with Crippen molar-refractivity contribution in [2.24, 2.45) is 35.5 Å². The van der Waals surface area contributed by atoms with Gasteiger partial charge < -0.3 is 4.74 Å². The highest BCUT2D eigenvalue weighted by Crippen LogP contribution is 2.84. The molecule has 6 bridgehead atoms. The van der Waals surface area contributed by atoms with E-state index in [0.717, 1.165) is 6.42 Å². The van der Waals surface area contributed by atoms with Crippen molar-refractivity contribution in [3.63, 3.8) is 0 Å². The number of rotatable bonds is 0. The number of fused-ring (bicyclic) bond motifs is 17. The molecule has 1 aliphatic heterocycles. The average molecular weight is 791 g/mol. The van der Waals surface area contributed by atoms with Crippen LogP contribution in [0.4, 0.5) is 0 Å². The Bertz CT molecular complexity index is 1160. The first-order chi connectivity index (χ1) is 16.9. The lowest BCUT2D eigenvalue weighted by Gasteiger charge is -2.38. The fraction of sp³-hybridized carbons (Fsp3) is 0.818. The molecule has 0 radical (unpaired) electrons. The summed E-state index contributed by atoms with van der Waals surface area (Å²) in [7, 11) is 0. The maximum absolute atomic E-state index is 6.82. The second-order valence-electron chi connectivity index (χ2n) is 11.3. The highest BCUT2D eigenvalue weighted by Gasteiger charge is 2.89. The Balaban J connectivity index is 0.000000125. The Hall–Kier alpha value is 3.50. The third-order valence-electron chi connectivity index (χ3n) is 10.2. The summed E-state index contributed by atoms with van der Waals surface area (Å²) in [5, 5.41) is 0.383. The summed E-state index contributed by atoms with van der Waals surface area (Å²) < 4.78 is 2.84. The molecular formula is C22H14Cl14O. The van der Waals surface area contributed by atoms with E-state index in [9.17, 15) is 0 Å². The van der Waals surface area contributed by atoms with E-state index in [1.54, 1.807) is 0 Å². The van der Waals surface area contributed by atoms with Crippen LogP contribution in [0.5, 0.6) is 0 Å². The van der Waals surface area contributed by atoms with E-state index in [0.29, 0.717) is 28.3 Å². The van der Waals surface area contributed by atoms with Crippen molar-refractivity contribution in [3.8, 4) is 0 Å². The molecule has 8 rings (SSSR count). The van der Waals surface area contributed by atoms with Gasteiger partial charge in [0.05, 0.1) is 43.1 Å². The zero-order valence-electron chi connectivity index (χ0n) is 17.9. The normalized spacial score (nSPS) is 62.1. The molecule has 0 aromatic rings. The Morgan fingerprint density at radius 3 is 1.38 bits per heavy atom. The van der Waals surface area contributed by atoms with Crippen LogP contribution in [0.15, 0.2) is 20.1 Å². The van der Waals surface area contributed by atoms with E-state index in [2.05, 4.69) is 0 Å². The topological polar surface area (TPSA) is 12.5 Å². The summed E-state index contributed by atoms with van der Waals surface area (Å²) in [4.78, 5) is -4.68. The van der Waals surface area contributed by atoms with Gasteiger partial charge in [-0.15, -0.1) is 69.6 Å². The van der Waals surface area contributed by atoms with Crippen LogP contribution in [0, 0.1) is 35.5 Å². The zero-order chi connectivity index (χ0) is 27.2. The average Bonchev–Trinajstić information content (AvgIpc) is 3.11. The largest absolute Gasteiger partial charge is 0.369 e. The molecule has 37 heavy (non-hydrogen) atoms. The molecule has 0 amide bonds. The molecule has 8 aliphatic rings. The van der Waals surface area contributed by atoms with Gasteiger partial charge >= 0.3 is 0 Å². The minimum Gasteiger partial charge on any atom is -0.369 e. The van der Waals surface area contributed by atoms with Gasteiger partial charge in [0.25, 0.3) is 0 Å². The summed E-state index contributed by atoms with van der Waals surface area (Å²) >= 11 is 90.5. The molecule has 14 unspecified atom stereocenters. The van der Waals surface area contributed by atoms with E-state index < -0.39 is 33.5 Å². The number of ether oxygens (including phenoxy) is 1. The van der Waals surface area contributed by atoms with Crippen LogP contribution >= 0.6 is 162 Å². The van der Waals surface area contributed by atoms with Crippen molar-refractivity contribution < 1.29 is 4.74 Å². The highest BCUT2D eigenvalue weighted by atomic mass is 35.5. The van der Waals surface area contributed by atoms with Crippen LogP contribution in [0.25, 0.3) is 0 Å². The summed E-state index contributed by atoms with van der Waals surface area (Å²) in [5.74, 6) is 0.287. The first-order valence-electron chi connectivity index (χ1n) is 11.5. The minimum absolute atomic E-state index is 0.0467. The lowest BCUT2D eigenvalue weighted by atomic mass is 9.73. The van der Waals surface area contributed by atoms with Gasteiger partial charge in [-0.3, -0.25) is 0 Å². The quantitative estimate of drug-likeness (QED) is 0.135. The van der Waals surface area contributed by atoms with Gasteiger partial charge in [0.1, 0.15) is 19.5 Å². The van der Waals surface area contributed by atoms with E-state index in [4.69, 9.17) is 167 Å². The van der Waals surface area contributed by atoms with Gasteiger partial charge in [-0.1, -0.05) is 92.8 Å². The zero-order valence-corrected chi connectivity index (χ0v) is 28.5. The second kappa shape index (κ2) is 8.20. The fourth-order valence-corrected chi connectivity index (χ4v) is 15.9. The van der Waals surface area contributed by atoms with Gasteiger partial charge in [-0.05, 0) is 42.4 Å². The maximum Gasteiger partial charge on any atom is 0.166 e. The van der Waals surface area contributed by atoms with Crippen LogP contribution in [0.2, 0.25) is 0 Å². The SMILES string of the molecule is ClC1=C(Cl)C2(Cl)C3C(Cl)C(Cl)CC3C1(Cl)C2(Cl)Cl.ClC1=C(Cl)C2(Cl)C3C4CC(C5OC45)C3C1(Cl)C2(Cl)Cl. The second-order valence-corrected chi connectivity index (χ2v) is 18.9. The lowest BCUT2D eigenvalue weighted by molar-refractivity contribution is 0.237. The third-order valence-corrected chi connectivity index (χ3v) is 20.0. The van der Waals surface area contributed by atoms with Crippen LogP contribution in [-0.2, 0) is 4.74 Å². The van der Waals surface area contributed by atoms with Crippen molar-refractivity contribution in [1.29, 1.82) is 0 Å². The lowest BCUT2D eigenvalue weighted by Crippen LogP contribution is -2.47. The number of alkyl halides is 10. The summed E-state index contributed by atoms with van der Waals surface area (Å²) in [6.45, 7) is 0. The molecule has 1 nitrogen and oxygen atoms in total. The van der Waals surface area contributed by atoms with E-state index in [1.807, 2.05) is 0 Å². The van der Waals surface area contributed by atoms with Gasteiger partial charge in [-0.2, -0.15) is 0 Å². The molecule has 0 N–H and O–H groups in total. The monoisotopic (exact) mass is 784 g/mol. The predicted molar refractivity (Wildman–Crippen MR) is 159 cm³/mol.